The molecule has 1 aromatic carbocycles. The highest BCUT2D eigenvalue weighted by molar-refractivity contribution is 5.72. The van der Waals surface area contributed by atoms with E-state index in [9.17, 15) is 4.79 Å². The third-order valence-electron chi connectivity index (χ3n) is 2.41. The van der Waals surface area contributed by atoms with Gasteiger partial charge in [0, 0.05) is 6.54 Å². The lowest BCUT2D eigenvalue weighted by atomic mass is 10.1. The monoisotopic (exact) mass is 267 g/mol. The molecule has 2 N–H and O–H groups in total. The zero-order valence-corrected chi connectivity index (χ0v) is 13.2. The predicted molar refractivity (Wildman–Crippen MR) is 82.5 cm³/mol. The van der Waals surface area contributed by atoms with Crippen LogP contribution < -0.4 is 5.32 Å². The molecule has 0 spiro atoms. The number of nitrogens with one attached hydrogen (secondary N) is 1. The summed E-state index contributed by atoms with van der Waals surface area (Å²) in [7, 11) is 0. The first-order valence-corrected chi connectivity index (χ1v) is 7.17. The van der Waals surface area contributed by atoms with E-state index in [1.807, 2.05) is 39.8 Å². The molecule has 110 valence electrons. The third kappa shape index (κ3) is 9.25. The van der Waals surface area contributed by atoms with Crippen LogP contribution in [0.3, 0.4) is 0 Å². The number of rotatable bonds is 5. The number of aliphatic carboxylic acids is 1. The van der Waals surface area contributed by atoms with Gasteiger partial charge in [-0.2, -0.15) is 0 Å². The summed E-state index contributed by atoms with van der Waals surface area (Å²) in [5.74, 6) is -0.819. The fraction of sp³-hybridized carbons (Fsp3) is 0.562. The Morgan fingerprint density at radius 2 is 1.53 bits per heavy atom. The average molecular weight is 267 g/mol. The Bertz CT molecular complexity index is 320. The maximum atomic E-state index is 10.6. The highest BCUT2D eigenvalue weighted by Gasteiger charge is 2.08. The van der Waals surface area contributed by atoms with E-state index in [-0.39, 0.29) is 0 Å². The second kappa shape index (κ2) is 13.1. The summed E-state index contributed by atoms with van der Waals surface area (Å²) in [4.78, 5) is 10.6. The molecule has 0 radical (unpaired) electrons. The first-order chi connectivity index (χ1) is 9.13. The zero-order valence-electron chi connectivity index (χ0n) is 13.2. The summed E-state index contributed by atoms with van der Waals surface area (Å²) in [6.07, 6.45) is 1.03. The molecule has 0 heterocycles. The van der Waals surface area contributed by atoms with Crippen LogP contribution in [0.2, 0.25) is 0 Å². The van der Waals surface area contributed by atoms with Crippen LogP contribution in [0.4, 0.5) is 0 Å². The van der Waals surface area contributed by atoms with Crippen molar-refractivity contribution in [1.82, 2.24) is 5.32 Å². The third-order valence-corrected chi connectivity index (χ3v) is 2.41. The van der Waals surface area contributed by atoms with Crippen LogP contribution in [-0.2, 0) is 17.8 Å². The molecule has 0 saturated heterocycles. The van der Waals surface area contributed by atoms with Gasteiger partial charge in [-0.3, -0.25) is 4.79 Å². The van der Waals surface area contributed by atoms with Crippen molar-refractivity contribution in [2.45, 2.75) is 60.5 Å². The Morgan fingerprint density at radius 1 is 1.11 bits per heavy atom. The van der Waals surface area contributed by atoms with Gasteiger partial charge >= 0.3 is 5.97 Å². The number of carboxylic acid groups (broad SMARTS) is 1. The second-order valence-electron chi connectivity index (χ2n) is 3.61. The SMILES string of the molecule is CC.CC.CCc1ccc(CNC(C)C(=O)O)cc1. The van der Waals surface area contributed by atoms with E-state index in [2.05, 4.69) is 24.4 Å². The molecular weight excluding hydrogens is 238 g/mol. The van der Waals surface area contributed by atoms with Crippen LogP contribution >= 0.6 is 0 Å². The molecule has 1 unspecified atom stereocenters. The molecule has 0 aromatic heterocycles. The Labute approximate surface area is 118 Å². The van der Waals surface area contributed by atoms with Crippen molar-refractivity contribution in [3.63, 3.8) is 0 Å². The molecule has 0 saturated carbocycles. The minimum atomic E-state index is -0.819. The van der Waals surface area contributed by atoms with Gasteiger partial charge < -0.3 is 10.4 Å². The lowest BCUT2D eigenvalue weighted by molar-refractivity contribution is -0.139. The van der Waals surface area contributed by atoms with Crippen molar-refractivity contribution in [2.75, 3.05) is 0 Å². The zero-order chi connectivity index (χ0) is 15.3. The molecule has 0 aliphatic rings. The summed E-state index contributed by atoms with van der Waals surface area (Å²) in [5.41, 5.74) is 2.41. The Hall–Kier alpha value is -1.35. The lowest BCUT2D eigenvalue weighted by Gasteiger charge is -2.09. The molecular formula is C16H29NO2. The van der Waals surface area contributed by atoms with Crippen LogP contribution in [0, 0.1) is 0 Å². The number of carbonyl (C=O) groups is 1. The lowest BCUT2D eigenvalue weighted by Crippen LogP contribution is -2.33. The molecule has 0 bridgehead atoms. The molecule has 3 heteroatoms. The van der Waals surface area contributed by atoms with Gasteiger partial charge in [-0.1, -0.05) is 58.9 Å². The van der Waals surface area contributed by atoms with Crippen LogP contribution in [0.5, 0.6) is 0 Å². The van der Waals surface area contributed by atoms with Crippen LogP contribution in [0.25, 0.3) is 0 Å². The summed E-state index contributed by atoms with van der Waals surface area (Å²) < 4.78 is 0. The molecule has 1 atom stereocenters. The molecule has 19 heavy (non-hydrogen) atoms. The van der Waals surface area contributed by atoms with Crippen molar-refractivity contribution in [3.8, 4) is 0 Å². The van der Waals surface area contributed by atoms with Crippen LogP contribution in [-0.4, -0.2) is 17.1 Å². The first-order valence-electron chi connectivity index (χ1n) is 7.17. The maximum absolute atomic E-state index is 10.6. The molecule has 0 aliphatic heterocycles. The molecule has 0 fully saturated rings. The van der Waals surface area contributed by atoms with Crippen molar-refractivity contribution in [1.29, 1.82) is 0 Å². The largest absolute Gasteiger partial charge is 0.480 e. The van der Waals surface area contributed by atoms with Crippen LogP contribution in [0.15, 0.2) is 24.3 Å². The van der Waals surface area contributed by atoms with Gasteiger partial charge in [0.1, 0.15) is 6.04 Å². The van der Waals surface area contributed by atoms with Crippen molar-refractivity contribution >= 4 is 5.97 Å². The molecule has 3 nitrogen and oxygen atoms in total. The summed E-state index contributed by atoms with van der Waals surface area (Å²) >= 11 is 0. The summed E-state index contributed by atoms with van der Waals surface area (Å²) in [6, 6.07) is 7.70. The number of carboxylic acids is 1. The summed E-state index contributed by atoms with van der Waals surface area (Å²) in [6.45, 7) is 12.3. The second-order valence-corrected chi connectivity index (χ2v) is 3.61. The highest BCUT2D eigenvalue weighted by atomic mass is 16.4. The van der Waals surface area contributed by atoms with Gasteiger partial charge in [0.2, 0.25) is 0 Å². The van der Waals surface area contributed by atoms with Gasteiger partial charge in [0.05, 0.1) is 0 Å². The number of hydrogen-bond acceptors (Lipinski definition) is 2. The van der Waals surface area contributed by atoms with Gasteiger partial charge in [0.15, 0.2) is 0 Å². The predicted octanol–water partition coefficient (Wildman–Crippen LogP) is 3.86. The number of aryl methyl sites for hydroxylation is 1. The van der Waals surface area contributed by atoms with E-state index >= 15 is 0 Å². The Morgan fingerprint density at radius 3 is 1.89 bits per heavy atom. The Balaban J connectivity index is 0. The van der Waals surface area contributed by atoms with Crippen LogP contribution in [0.1, 0.15) is 52.7 Å². The average Bonchev–Trinajstić information content (AvgIpc) is 2.49. The molecule has 0 aliphatic carbocycles. The highest BCUT2D eigenvalue weighted by Crippen LogP contribution is 2.04. The fourth-order valence-corrected chi connectivity index (χ4v) is 1.25. The van der Waals surface area contributed by atoms with Crippen molar-refractivity contribution in [3.05, 3.63) is 35.4 Å². The van der Waals surface area contributed by atoms with Gasteiger partial charge in [-0.15, -0.1) is 0 Å². The van der Waals surface area contributed by atoms with E-state index in [4.69, 9.17) is 5.11 Å². The minimum Gasteiger partial charge on any atom is -0.480 e. The summed E-state index contributed by atoms with van der Waals surface area (Å²) in [5, 5.41) is 11.6. The van der Waals surface area contributed by atoms with E-state index in [0.717, 1.165) is 12.0 Å². The molecule has 1 aromatic rings. The maximum Gasteiger partial charge on any atom is 0.320 e. The van der Waals surface area contributed by atoms with E-state index in [1.54, 1.807) is 6.92 Å². The Kier molecular flexibility index (Phi) is 13.8. The van der Waals surface area contributed by atoms with E-state index in [0.29, 0.717) is 6.54 Å². The topological polar surface area (TPSA) is 49.3 Å². The quantitative estimate of drug-likeness (QED) is 0.851. The molecule has 1 rings (SSSR count). The molecule has 0 amide bonds. The van der Waals surface area contributed by atoms with Gasteiger partial charge in [0.25, 0.3) is 0 Å². The van der Waals surface area contributed by atoms with Crippen molar-refractivity contribution < 1.29 is 9.90 Å². The van der Waals surface area contributed by atoms with Gasteiger partial charge in [-0.05, 0) is 24.5 Å². The van der Waals surface area contributed by atoms with Crippen molar-refractivity contribution in [2.24, 2.45) is 0 Å². The number of benzene rings is 1. The smallest absolute Gasteiger partial charge is 0.320 e. The minimum absolute atomic E-state index is 0.504. The standard InChI is InChI=1S/C12H17NO2.2C2H6/c1-3-10-4-6-11(7-5-10)8-13-9(2)12(14)15;2*1-2/h4-7,9,13H,3,8H2,1-2H3,(H,14,15);2*1-2H3. The van der Waals surface area contributed by atoms with E-state index < -0.39 is 12.0 Å². The van der Waals surface area contributed by atoms with Gasteiger partial charge in [-0.25, -0.2) is 0 Å². The normalized spacial score (nSPS) is 10.4. The van der Waals surface area contributed by atoms with E-state index in [1.165, 1.54) is 5.56 Å². The number of hydrogen-bond donors (Lipinski definition) is 2. The fourth-order valence-electron chi connectivity index (χ4n) is 1.25. The first kappa shape index (κ1) is 20.0.